The minimum absolute atomic E-state index is 0. The topological polar surface area (TPSA) is 56.1 Å². The van der Waals surface area contributed by atoms with Gasteiger partial charge in [-0.3, -0.25) is 0 Å². The monoisotopic (exact) mass is 492 g/mol. The summed E-state index contributed by atoms with van der Waals surface area (Å²) in [4.78, 5) is 13.3. The SMILES string of the molecule is CC1COC(c2cccc(C3=NC(C)CO3)n2)=N1.[Cl-].[Cl-].[Cl-].[Nd+3]. The second-order valence-electron chi connectivity index (χ2n) is 4.60. The molecule has 0 saturated heterocycles. The first kappa shape index (κ1) is 24.6. The predicted molar refractivity (Wildman–Crippen MR) is 68.1 cm³/mol. The minimum Gasteiger partial charge on any atom is -1.00 e. The third-order valence-electron chi connectivity index (χ3n) is 2.79. The van der Waals surface area contributed by atoms with E-state index in [0.717, 1.165) is 11.4 Å². The van der Waals surface area contributed by atoms with Gasteiger partial charge < -0.3 is 46.7 Å². The van der Waals surface area contributed by atoms with Crippen LogP contribution in [0.5, 0.6) is 0 Å². The Bertz CT molecular complexity index is 500. The summed E-state index contributed by atoms with van der Waals surface area (Å²) in [6.45, 7) is 5.27. The Morgan fingerprint density at radius 1 is 0.864 bits per heavy atom. The summed E-state index contributed by atoms with van der Waals surface area (Å²) >= 11 is 0. The normalized spacial score (nSPS) is 21.5. The van der Waals surface area contributed by atoms with Gasteiger partial charge in [-0.2, -0.15) is 0 Å². The van der Waals surface area contributed by atoms with Gasteiger partial charge in [0, 0.05) is 0 Å². The number of rotatable bonds is 2. The molecule has 0 aromatic carbocycles. The van der Waals surface area contributed by atoms with Crippen LogP contribution in [0.3, 0.4) is 0 Å². The molecule has 0 amide bonds. The second kappa shape index (κ2) is 11.0. The van der Waals surface area contributed by atoms with E-state index in [4.69, 9.17) is 9.47 Å². The molecule has 2 unspecified atom stereocenters. The fraction of sp³-hybridized carbons (Fsp3) is 0.462. The average Bonchev–Trinajstić information content (AvgIpc) is 2.98. The maximum atomic E-state index is 5.50. The van der Waals surface area contributed by atoms with Crippen LogP contribution in [-0.4, -0.2) is 42.1 Å². The van der Waals surface area contributed by atoms with Gasteiger partial charge in [0.2, 0.25) is 11.8 Å². The second-order valence-corrected chi connectivity index (χ2v) is 4.60. The smallest absolute Gasteiger partial charge is 1.00 e. The van der Waals surface area contributed by atoms with Crippen LogP contribution >= 0.6 is 0 Å². The number of hydrogen-bond donors (Lipinski definition) is 0. The van der Waals surface area contributed by atoms with Crippen LogP contribution in [0.2, 0.25) is 0 Å². The molecule has 3 rings (SSSR count). The molecule has 2 atom stereocenters. The number of aromatic nitrogens is 1. The van der Waals surface area contributed by atoms with Crippen molar-refractivity contribution in [1.29, 1.82) is 0 Å². The van der Waals surface area contributed by atoms with Crippen LogP contribution in [0.25, 0.3) is 0 Å². The van der Waals surface area contributed by atoms with Gasteiger partial charge in [-0.25, -0.2) is 15.0 Å². The molecule has 0 fully saturated rings. The molecule has 0 saturated carbocycles. The fourth-order valence-electron chi connectivity index (χ4n) is 1.90. The van der Waals surface area contributed by atoms with E-state index in [2.05, 4.69) is 15.0 Å². The molecule has 0 aliphatic carbocycles. The largest absolute Gasteiger partial charge is 3.00 e. The first-order valence-corrected chi connectivity index (χ1v) is 6.11. The zero-order valence-corrected chi connectivity index (χ0v) is 17.6. The summed E-state index contributed by atoms with van der Waals surface area (Å²) < 4.78 is 11.0. The molecular weight excluding hydrogens is 481 g/mol. The first-order valence-electron chi connectivity index (χ1n) is 6.11. The van der Waals surface area contributed by atoms with Gasteiger partial charge in [-0.1, -0.05) is 6.07 Å². The van der Waals surface area contributed by atoms with Crippen molar-refractivity contribution in [3.63, 3.8) is 0 Å². The van der Waals surface area contributed by atoms with Gasteiger partial charge in [0.25, 0.3) is 0 Å². The van der Waals surface area contributed by atoms with Crippen molar-refractivity contribution in [3.8, 4) is 0 Å². The van der Waals surface area contributed by atoms with Gasteiger partial charge in [0.15, 0.2) is 0 Å². The number of pyridine rings is 1. The van der Waals surface area contributed by atoms with Crippen LogP contribution in [0.15, 0.2) is 28.2 Å². The van der Waals surface area contributed by atoms with Gasteiger partial charge in [-0.05, 0) is 26.0 Å². The molecule has 3 heterocycles. The zero-order valence-electron chi connectivity index (χ0n) is 12.1. The van der Waals surface area contributed by atoms with E-state index < -0.39 is 0 Å². The van der Waals surface area contributed by atoms with Crippen LogP contribution in [0, 0.1) is 40.8 Å². The quantitative estimate of drug-likeness (QED) is 0.410. The molecule has 2 aliphatic rings. The Labute approximate surface area is 181 Å². The van der Waals surface area contributed by atoms with Crippen molar-refractivity contribution in [2.75, 3.05) is 13.2 Å². The molecule has 22 heavy (non-hydrogen) atoms. The van der Waals surface area contributed by atoms with Crippen molar-refractivity contribution in [1.82, 2.24) is 4.98 Å². The van der Waals surface area contributed by atoms with Gasteiger partial charge in [-0.15, -0.1) is 0 Å². The molecule has 5 nitrogen and oxygen atoms in total. The van der Waals surface area contributed by atoms with Crippen molar-refractivity contribution in [3.05, 3.63) is 29.6 Å². The minimum atomic E-state index is 0. The van der Waals surface area contributed by atoms with Crippen LogP contribution in [-0.2, 0) is 9.47 Å². The van der Waals surface area contributed by atoms with E-state index in [0.29, 0.717) is 25.0 Å². The van der Waals surface area contributed by atoms with Gasteiger partial charge in [0.1, 0.15) is 24.6 Å². The number of aliphatic imine (C=N–C) groups is 2. The zero-order chi connectivity index (χ0) is 12.5. The van der Waals surface area contributed by atoms with Gasteiger partial charge >= 0.3 is 40.8 Å². The van der Waals surface area contributed by atoms with E-state index in [1.54, 1.807) is 0 Å². The van der Waals surface area contributed by atoms with Crippen LogP contribution < -0.4 is 37.2 Å². The predicted octanol–water partition coefficient (Wildman–Crippen LogP) is -7.58. The summed E-state index contributed by atoms with van der Waals surface area (Å²) in [6, 6.07) is 6.09. The van der Waals surface area contributed by atoms with Crippen molar-refractivity contribution < 1.29 is 87.5 Å². The van der Waals surface area contributed by atoms with Crippen molar-refractivity contribution in [2.45, 2.75) is 25.9 Å². The summed E-state index contributed by atoms with van der Waals surface area (Å²) in [5, 5.41) is 0. The summed E-state index contributed by atoms with van der Waals surface area (Å²) in [5.41, 5.74) is 1.48. The van der Waals surface area contributed by atoms with Crippen molar-refractivity contribution >= 4 is 11.8 Å². The fourth-order valence-corrected chi connectivity index (χ4v) is 1.90. The van der Waals surface area contributed by atoms with Crippen molar-refractivity contribution in [2.24, 2.45) is 9.98 Å². The Hall–Kier alpha value is 0.311. The molecule has 1 aromatic heterocycles. The molecule has 0 spiro atoms. The molecule has 0 N–H and O–H groups in total. The van der Waals surface area contributed by atoms with E-state index in [9.17, 15) is 0 Å². The number of hydrogen-bond acceptors (Lipinski definition) is 5. The third-order valence-corrected chi connectivity index (χ3v) is 2.79. The standard InChI is InChI=1S/C13H15N3O2.3ClH.Nd/c1-8-6-17-12(14-8)10-4-3-5-11(16-10)13-15-9(2)7-18-13;;;;/h3-5,8-9H,6-7H2,1-2H3;3*1H;/q;;;;+3/p-3. The third kappa shape index (κ3) is 5.74. The molecule has 2 aliphatic heterocycles. The summed E-state index contributed by atoms with van der Waals surface area (Å²) in [6.07, 6.45) is 0. The Balaban J connectivity index is 0. The maximum Gasteiger partial charge on any atom is 3.00 e. The first-order chi connectivity index (χ1) is 8.72. The maximum absolute atomic E-state index is 5.50. The van der Waals surface area contributed by atoms with Crippen LogP contribution in [0.4, 0.5) is 0 Å². The molecule has 0 bridgehead atoms. The Morgan fingerprint density at radius 3 is 1.59 bits per heavy atom. The number of halogens is 3. The van der Waals surface area contributed by atoms with E-state index in [1.165, 1.54) is 0 Å². The number of nitrogens with zero attached hydrogens (tertiary/aromatic N) is 3. The molecule has 9 heteroatoms. The van der Waals surface area contributed by atoms with E-state index in [-0.39, 0.29) is 90.1 Å². The molecule has 119 valence electrons. The molecule has 1 aromatic rings. The summed E-state index contributed by atoms with van der Waals surface area (Å²) in [7, 11) is 0. The average molecular weight is 496 g/mol. The van der Waals surface area contributed by atoms with E-state index in [1.807, 2.05) is 32.0 Å². The van der Waals surface area contributed by atoms with Gasteiger partial charge in [0.05, 0.1) is 12.1 Å². The van der Waals surface area contributed by atoms with Crippen LogP contribution in [0.1, 0.15) is 25.2 Å². The van der Waals surface area contributed by atoms with E-state index >= 15 is 0 Å². The molecular formula is C13H15Cl3N3NdO2. The number of ether oxygens (including phenoxy) is 2. The summed E-state index contributed by atoms with van der Waals surface area (Å²) in [5.74, 6) is 1.21. The Kier molecular flexibility index (Phi) is 12.2. The Morgan fingerprint density at radius 2 is 1.27 bits per heavy atom. The molecule has 1 radical (unpaired) electrons.